The summed E-state index contributed by atoms with van der Waals surface area (Å²) < 4.78 is 34.1. The van der Waals surface area contributed by atoms with Gasteiger partial charge in [0.05, 0.1) is 24.4 Å². The number of likely N-dealkylation sites (tertiary alicyclic amines) is 2. The van der Waals surface area contributed by atoms with Crippen molar-refractivity contribution in [3.8, 4) is 17.3 Å². The first-order chi connectivity index (χ1) is 19.0. The number of piperidine rings is 1. The van der Waals surface area contributed by atoms with E-state index in [4.69, 9.17) is 4.74 Å². The highest BCUT2D eigenvalue weighted by Gasteiger charge is 2.48. The van der Waals surface area contributed by atoms with Crippen molar-refractivity contribution in [2.75, 3.05) is 26.2 Å². The summed E-state index contributed by atoms with van der Waals surface area (Å²) in [6.07, 6.45) is 8.42. The van der Waals surface area contributed by atoms with Gasteiger partial charge in [0.25, 0.3) is 0 Å². The lowest BCUT2D eigenvalue weighted by atomic mass is 9.84. The minimum atomic E-state index is -0.737. The summed E-state index contributed by atoms with van der Waals surface area (Å²) in [7, 11) is 0. The molecule has 200 valence electrons. The van der Waals surface area contributed by atoms with E-state index in [1.807, 2.05) is 23.1 Å². The zero-order valence-electron chi connectivity index (χ0n) is 21.1. The number of ether oxygens (including phenoxy) is 1. The smallest absolute Gasteiger partial charge is 0.410 e. The highest BCUT2D eigenvalue weighted by atomic mass is 19.1. The number of benzene rings is 1. The van der Waals surface area contributed by atoms with Crippen LogP contribution in [-0.4, -0.2) is 72.8 Å². The zero-order valence-corrected chi connectivity index (χ0v) is 21.1. The molecule has 1 amide bonds. The van der Waals surface area contributed by atoms with Crippen molar-refractivity contribution in [1.29, 1.82) is 5.26 Å². The number of nitrogens with zero attached hydrogens (tertiary/aromatic N) is 7. The maximum Gasteiger partial charge on any atom is 0.410 e. The first-order valence-corrected chi connectivity index (χ1v) is 12.8. The van der Waals surface area contributed by atoms with Gasteiger partial charge in [-0.15, -0.1) is 0 Å². The van der Waals surface area contributed by atoms with Gasteiger partial charge in [0.1, 0.15) is 35.8 Å². The van der Waals surface area contributed by atoms with Crippen molar-refractivity contribution in [3.05, 3.63) is 66.4 Å². The molecule has 0 unspecified atom stereocenters. The average Bonchev–Trinajstić information content (AvgIpc) is 3.60. The first-order valence-electron chi connectivity index (χ1n) is 12.8. The quantitative estimate of drug-likeness (QED) is 0.401. The average molecular weight is 533 g/mol. The SMILES string of the molecule is N#CCC1(n2cc(-c3ncnc4[nH]ccc34)cn2)CN(C2CCN(C(=O)OCc3ccc(F)cc3F)CC2)C1. The van der Waals surface area contributed by atoms with Gasteiger partial charge < -0.3 is 14.6 Å². The van der Waals surface area contributed by atoms with Crippen molar-refractivity contribution < 1.29 is 18.3 Å². The second-order valence-electron chi connectivity index (χ2n) is 10.1. The first kappa shape index (κ1) is 24.9. The topological polar surface area (TPSA) is 116 Å². The fraction of sp³-hybridized carbons (Fsp3) is 0.370. The van der Waals surface area contributed by atoms with E-state index in [1.54, 1.807) is 11.1 Å². The summed E-state index contributed by atoms with van der Waals surface area (Å²) in [5, 5.41) is 15.1. The number of hydrogen-bond donors (Lipinski definition) is 1. The Morgan fingerprint density at radius 3 is 2.79 bits per heavy atom. The van der Waals surface area contributed by atoms with Gasteiger partial charge in [0.2, 0.25) is 0 Å². The third-order valence-electron chi connectivity index (χ3n) is 7.70. The van der Waals surface area contributed by atoms with E-state index in [9.17, 15) is 18.8 Å². The number of carbonyl (C=O) groups is 1. The van der Waals surface area contributed by atoms with E-state index in [2.05, 4.69) is 31.0 Å². The molecule has 2 aliphatic heterocycles. The molecule has 5 heterocycles. The van der Waals surface area contributed by atoms with Crippen LogP contribution in [0.3, 0.4) is 0 Å². The Morgan fingerprint density at radius 2 is 2.03 bits per heavy atom. The van der Waals surface area contributed by atoms with Crippen molar-refractivity contribution in [3.63, 3.8) is 0 Å². The van der Waals surface area contributed by atoms with Crippen molar-refractivity contribution in [2.24, 2.45) is 0 Å². The summed E-state index contributed by atoms with van der Waals surface area (Å²) in [6, 6.07) is 7.72. The Hall–Kier alpha value is -4.37. The van der Waals surface area contributed by atoms with Gasteiger partial charge in [-0.1, -0.05) is 0 Å². The van der Waals surface area contributed by atoms with Crippen LogP contribution >= 0.6 is 0 Å². The standard InChI is InChI=1S/C27H26F2N8O2/c28-20-2-1-18(23(29)11-20)14-39-26(38)35-9-4-21(5-10-35)36-15-27(16-36,6-7-30)37-13-19(12-34-37)24-22-3-8-31-25(22)33-17-32-24/h1-3,8,11-13,17,21H,4-6,9-10,14-16H2,(H,31,32,33). The molecule has 0 atom stereocenters. The molecule has 3 aromatic heterocycles. The molecular weight excluding hydrogens is 506 g/mol. The van der Waals surface area contributed by atoms with E-state index in [1.165, 1.54) is 12.4 Å². The summed E-state index contributed by atoms with van der Waals surface area (Å²) in [5.74, 6) is -1.41. The van der Waals surface area contributed by atoms with Gasteiger partial charge >= 0.3 is 6.09 Å². The summed E-state index contributed by atoms with van der Waals surface area (Å²) in [4.78, 5) is 28.2. The third kappa shape index (κ3) is 4.70. The molecule has 2 fully saturated rings. The number of hydrogen-bond acceptors (Lipinski definition) is 7. The second-order valence-corrected chi connectivity index (χ2v) is 10.1. The van der Waals surface area contributed by atoms with Crippen molar-refractivity contribution in [2.45, 2.75) is 37.5 Å². The monoisotopic (exact) mass is 532 g/mol. The van der Waals surface area contributed by atoms with Gasteiger partial charge in [-0.25, -0.2) is 23.5 Å². The predicted molar refractivity (Wildman–Crippen MR) is 136 cm³/mol. The minimum Gasteiger partial charge on any atom is -0.444 e. The molecule has 1 aromatic carbocycles. The maximum atomic E-state index is 13.8. The van der Waals surface area contributed by atoms with Crippen LogP contribution in [0, 0.1) is 23.0 Å². The third-order valence-corrected chi connectivity index (χ3v) is 7.70. The molecule has 6 rings (SSSR count). The normalized spacial score (nSPS) is 17.6. The molecule has 4 aromatic rings. The van der Waals surface area contributed by atoms with Crippen LogP contribution in [0.1, 0.15) is 24.8 Å². The largest absolute Gasteiger partial charge is 0.444 e. The van der Waals surface area contributed by atoms with E-state index < -0.39 is 23.3 Å². The number of carbonyl (C=O) groups excluding carboxylic acids is 1. The van der Waals surface area contributed by atoms with Crippen LogP contribution in [0.2, 0.25) is 0 Å². The molecule has 2 saturated heterocycles. The minimum absolute atomic E-state index is 0.132. The summed E-state index contributed by atoms with van der Waals surface area (Å²) in [5.41, 5.74) is 2.12. The fourth-order valence-corrected chi connectivity index (χ4v) is 5.54. The highest BCUT2D eigenvalue weighted by Crippen LogP contribution is 2.37. The van der Waals surface area contributed by atoms with Crippen molar-refractivity contribution in [1.82, 2.24) is 34.5 Å². The molecule has 1 N–H and O–H groups in total. The molecule has 0 bridgehead atoms. The molecule has 0 radical (unpaired) electrons. The Morgan fingerprint density at radius 1 is 1.21 bits per heavy atom. The molecule has 0 saturated carbocycles. The number of nitrogens with one attached hydrogen (secondary N) is 1. The maximum absolute atomic E-state index is 13.8. The lowest BCUT2D eigenvalue weighted by Crippen LogP contribution is -2.66. The number of amides is 1. The zero-order chi connectivity index (χ0) is 27.0. The highest BCUT2D eigenvalue weighted by molar-refractivity contribution is 5.90. The van der Waals surface area contributed by atoms with Crippen LogP contribution in [-0.2, 0) is 16.9 Å². The fourth-order valence-electron chi connectivity index (χ4n) is 5.54. The van der Waals surface area contributed by atoms with Gasteiger partial charge in [-0.05, 0) is 31.0 Å². The Bertz CT molecular complexity index is 1550. The number of nitriles is 1. The number of aromatic amines is 1. The number of halogens is 2. The van der Waals surface area contributed by atoms with Gasteiger partial charge in [-0.2, -0.15) is 10.4 Å². The van der Waals surface area contributed by atoms with Gasteiger partial charge in [0, 0.05) is 67.2 Å². The number of fused-ring (bicyclic) bond motifs is 1. The van der Waals surface area contributed by atoms with Crippen LogP contribution < -0.4 is 0 Å². The predicted octanol–water partition coefficient (Wildman–Crippen LogP) is 3.83. The van der Waals surface area contributed by atoms with Gasteiger partial charge in [-0.3, -0.25) is 9.58 Å². The van der Waals surface area contributed by atoms with E-state index in [-0.39, 0.29) is 18.2 Å². The van der Waals surface area contributed by atoms with Gasteiger partial charge in [0.15, 0.2) is 0 Å². The Balaban J connectivity index is 1.05. The molecule has 2 aliphatic rings. The molecular formula is C27H26F2N8O2. The van der Waals surface area contributed by atoms with Crippen LogP contribution in [0.4, 0.5) is 13.6 Å². The Labute approximate surface area is 222 Å². The molecule has 12 heteroatoms. The summed E-state index contributed by atoms with van der Waals surface area (Å²) >= 11 is 0. The summed E-state index contributed by atoms with van der Waals surface area (Å²) in [6.45, 7) is 2.16. The van der Waals surface area contributed by atoms with E-state index in [0.717, 1.165) is 47.3 Å². The van der Waals surface area contributed by atoms with Crippen LogP contribution in [0.15, 0.2) is 49.2 Å². The molecule has 10 nitrogen and oxygen atoms in total. The molecule has 39 heavy (non-hydrogen) atoms. The Kier molecular flexibility index (Phi) is 6.44. The molecule has 0 spiro atoms. The number of rotatable bonds is 6. The van der Waals surface area contributed by atoms with E-state index in [0.29, 0.717) is 32.6 Å². The number of H-pyrrole nitrogens is 1. The molecule has 0 aliphatic carbocycles. The van der Waals surface area contributed by atoms with E-state index >= 15 is 0 Å². The number of aromatic nitrogens is 5. The van der Waals surface area contributed by atoms with Crippen LogP contribution in [0.25, 0.3) is 22.3 Å². The lowest BCUT2D eigenvalue weighted by Gasteiger charge is -2.53. The second kappa shape index (κ2) is 10.1. The van der Waals surface area contributed by atoms with Crippen molar-refractivity contribution >= 4 is 17.1 Å². The van der Waals surface area contributed by atoms with Crippen LogP contribution in [0.5, 0.6) is 0 Å². The lowest BCUT2D eigenvalue weighted by molar-refractivity contribution is -0.0426.